The Morgan fingerprint density at radius 3 is 1.67 bits per heavy atom. The van der Waals surface area contributed by atoms with Crippen molar-refractivity contribution in [3.05, 3.63) is 182 Å². The van der Waals surface area contributed by atoms with Gasteiger partial charge in [0.1, 0.15) is 0 Å². The lowest BCUT2D eigenvalue weighted by molar-refractivity contribution is 1.07. The number of fused-ring (bicyclic) bond motifs is 3. The van der Waals surface area contributed by atoms with Gasteiger partial charge in [0.05, 0.1) is 23.4 Å². The van der Waals surface area contributed by atoms with Gasteiger partial charge in [-0.25, -0.2) is 15.0 Å². The Bertz CT molecular complexity index is 3030. The number of nitrogens with zero attached hydrogens (tertiary/aromatic N) is 4. The molecule has 2 aromatic heterocycles. The van der Waals surface area contributed by atoms with Crippen molar-refractivity contribution in [2.24, 2.45) is 0 Å². The van der Waals surface area contributed by atoms with E-state index in [0.717, 1.165) is 27.8 Å². The fraction of sp³-hybridized carbons (Fsp3) is 0. The molecule has 0 aliphatic heterocycles. The van der Waals surface area contributed by atoms with Crippen LogP contribution in [-0.2, 0) is 0 Å². The molecule has 0 N–H and O–H groups in total. The van der Waals surface area contributed by atoms with Crippen LogP contribution in [0.25, 0.3) is 83.9 Å². The van der Waals surface area contributed by atoms with E-state index in [0.29, 0.717) is 34.1 Å². The van der Waals surface area contributed by atoms with Crippen molar-refractivity contribution in [3.63, 3.8) is 0 Å². The summed E-state index contributed by atoms with van der Waals surface area (Å²) in [5.74, 6) is 1.57. The quantitative estimate of drug-likeness (QED) is 0.183. The summed E-state index contributed by atoms with van der Waals surface area (Å²) in [6.07, 6.45) is 0. The summed E-state index contributed by atoms with van der Waals surface area (Å²) in [6, 6.07) is 36.2. The highest BCUT2D eigenvalue weighted by Gasteiger charge is 2.17. The molecule has 0 fully saturated rings. The largest absolute Gasteiger partial charge is 0.309 e. The summed E-state index contributed by atoms with van der Waals surface area (Å²) >= 11 is 0. The van der Waals surface area contributed by atoms with E-state index >= 15 is 0 Å². The predicted octanol–water partition coefficient (Wildman–Crippen LogP) is 11.3. The molecule has 7 aromatic carbocycles. The molecule has 4 heteroatoms. The molecular weight excluding hydrogens is 597 g/mol. The van der Waals surface area contributed by atoms with Crippen molar-refractivity contribution < 1.29 is 12.3 Å². The maximum Gasteiger partial charge on any atom is 0.164 e. The van der Waals surface area contributed by atoms with Crippen molar-refractivity contribution in [2.45, 2.75) is 0 Å². The number of rotatable bonds is 6. The van der Waals surface area contributed by atoms with Crippen molar-refractivity contribution in [3.8, 4) is 62.1 Å². The molecule has 4 nitrogen and oxygen atoms in total. The van der Waals surface area contributed by atoms with Gasteiger partial charge < -0.3 is 4.57 Å². The fourth-order valence-electron chi connectivity index (χ4n) is 6.23. The minimum atomic E-state index is -0.528. The van der Waals surface area contributed by atoms with Crippen LogP contribution in [0.4, 0.5) is 0 Å². The topological polar surface area (TPSA) is 43.6 Å². The van der Waals surface area contributed by atoms with Gasteiger partial charge >= 0.3 is 0 Å². The number of hydrogen-bond donors (Lipinski definition) is 0. The van der Waals surface area contributed by atoms with Crippen LogP contribution >= 0.6 is 0 Å². The van der Waals surface area contributed by atoms with E-state index in [9.17, 15) is 0 Å². The van der Waals surface area contributed by atoms with E-state index in [1.807, 2.05) is 109 Å². The molecule has 0 unspecified atom stereocenters. The van der Waals surface area contributed by atoms with Gasteiger partial charge in [-0.3, -0.25) is 0 Å². The first kappa shape index (κ1) is 20.6. The maximum absolute atomic E-state index is 9.11. The number of aromatic nitrogens is 4. The summed E-state index contributed by atoms with van der Waals surface area (Å²) in [7, 11) is 0. The van der Waals surface area contributed by atoms with Crippen LogP contribution in [0.5, 0.6) is 0 Å². The standard InChI is InChI=1S/C45H30N4/c1-4-15-31(16-5-1)38-26-14-28-41-42(38)39-25-10-11-27-40(39)49(41)37-24-13-22-35(30-37)34-21-12-23-36(29-34)45-47-43(32-17-6-2-7-18-32)46-44(48-45)33-19-8-3-9-20-33/h1-30H/i1D,4D,5D,10D,11D,15D,16D,25D,27D. The molecule has 0 amide bonds. The summed E-state index contributed by atoms with van der Waals surface area (Å²) in [5.41, 5.74) is 5.56. The van der Waals surface area contributed by atoms with Gasteiger partial charge in [-0.05, 0) is 52.6 Å². The van der Waals surface area contributed by atoms with E-state index in [1.165, 1.54) is 0 Å². The van der Waals surface area contributed by atoms with Gasteiger partial charge in [-0.2, -0.15) is 0 Å². The minimum Gasteiger partial charge on any atom is -0.309 e. The van der Waals surface area contributed by atoms with Crippen LogP contribution in [0.1, 0.15) is 12.3 Å². The van der Waals surface area contributed by atoms with Gasteiger partial charge in [-0.15, -0.1) is 0 Å². The molecule has 49 heavy (non-hydrogen) atoms. The first-order chi connectivity index (χ1) is 28.0. The van der Waals surface area contributed by atoms with E-state index in [2.05, 4.69) is 0 Å². The molecule has 0 atom stereocenters. The van der Waals surface area contributed by atoms with E-state index in [1.54, 1.807) is 22.8 Å². The van der Waals surface area contributed by atoms with Gasteiger partial charge in [0.15, 0.2) is 17.5 Å². The molecule has 9 aromatic rings. The normalized spacial score (nSPS) is 13.8. The van der Waals surface area contributed by atoms with Crippen molar-refractivity contribution >= 4 is 21.8 Å². The Hall–Kier alpha value is -6.65. The first-order valence-electron chi connectivity index (χ1n) is 20.2. The van der Waals surface area contributed by atoms with Gasteiger partial charge in [0, 0.05) is 33.2 Å². The first-order valence-corrected chi connectivity index (χ1v) is 15.7. The zero-order valence-electron chi connectivity index (χ0n) is 34.9. The lowest BCUT2D eigenvalue weighted by Crippen LogP contribution is -2.00. The number of hydrogen-bond acceptors (Lipinski definition) is 3. The van der Waals surface area contributed by atoms with Crippen LogP contribution in [0.15, 0.2) is 182 Å². The summed E-state index contributed by atoms with van der Waals surface area (Å²) in [5, 5.41) is 0.516. The lowest BCUT2D eigenvalue weighted by Gasteiger charge is -2.12. The smallest absolute Gasteiger partial charge is 0.164 e. The lowest BCUT2D eigenvalue weighted by atomic mass is 9.99. The zero-order valence-corrected chi connectivity index (χ0v) is 25.9. The second kappa shape index (κ2) is 12.2. The SMILES string of the molecule is [2H]c1c([2H])c([2H])c(-c2cccc3c2c2c([2H])c([2H])c([2H])c([2H])c2n3-c2cccc(-c3cccc(-c4nc(-c5ccccc5)nc(-c5ccccc5)n4)c3)c2)c([2H])c1[2H]. The van der Waals surface area contributed by atoms with E-state index in [-0.39, 0.29) is 34.1 Å². The number of benzene rings is 7. The average Bonchev–Trinajstić information content (AvgIpc) is 3.63. The molecule has 0 saturated carbocycles. The highest BCUT2D eigenvalue weighted by Crippen LogP contribution is 2.39. The third-order valence-electron chi connectivity index (χ3n) is 8.45. The molecule has 0 bridgehead atoms. The van der Waals surface area contributed by atoms with Crippen LogP contribution in [0, 0.1) is 0 Å². The predicted molar refractivity (Wildman–Crippen MR) is 201 cm³/mol. The van der Waals surface area contributed by atoms with E-state index in [4.69, 9.17) is 27.3 Å². The van der Waals surface area contributed by atoms with Crippen LogP contribution in [0.3, 0.4) is 0 Å². The highest BCUT2D eigenvalue weighted by atomic mass is 15.0. The average molecular weight is 636 g/mol. The molecule has 2 heterocycles. The highest BCUT2D eigenvalue weighted by molar-refractivity contribution is 6.15. The number of para-hydroxylation sites is 1. The third kappa shape index (κ3) is 5.26. The maximum atomic E-state index is 9.11. The van der Waals surface area contributed by atoms with Crippen LogP contribution in [0.2, 0.25) is 0 Å². The van der Waals surface area contributed by atoms with Crippen molar-refractivity contribution in [2.75, 3.05) is 0 Å². The van der Waals surface area contributed by atoms with Gasteiger partial charge in [0.25, 0.3) is 0 Å². The van der Waals surface area contributed by atoms with Gasteiger partial charge in [0.2, 0.25) is 0 Å². The Morgan fingerprint density at radius 1 is 0.408 bits per heavy atom. The zero-order chi connectivity index (χ0) is 40.4. The summed E-state index contributed by atoms with van der Waals surface area (Å²) in [6.45, 7) is 0. The molecule has 0 aliphatic rings. The second-order valence-electron chi connectivity index (χ2n) is 11.4. The molecule has 0 aliphatic carbocycles. The Labute approximate surface area is 297 Å². The van der Waals surface area contributed by atoms with Gasteiger partial charge in [-0.1, -0.05) is 151 Å². The monoisotopic (exact) mass is 635 g/mol. The van der Waals surface area contributed by atoms with Crippen LogP contribution < -0.4 is 0 Å². The minimum absolute atomic E-state index is 0.0576. The summed E-state index contributed by atoms with van der Waals surface area (Å²) in [4.78, 5) is 14.6. The Morgan fingerprint density at radius 2 is 0.959 bits per heavy atom. The van der Waals surface area contributed by atoms with Crippen molar-refractivity contribution in [1.29, 1.82) is 0 Å². The third-order valence-corrected chi connectivity index (χ3v) is 8.45. The molecule has 230 valence electrons. The second-order valence-corrected chi connectivity index (χ2v) is 11.4. The molecular formula is C45H30N4. The molecule has 0 radical (unpaired) electrons. The Kier molecular flexibility index (Phi) is 5.11. The van der Waals surface area contributed by atoms with Crippen molar-refractivity contribution in [1.82, 2.24) is 19.5 Å². The molecule has 0 saturated heterocycles. The molecule has 0 spiro atoms. The Balaban J connectivity index is 1.24. The summed E-state index contributed by atoms with van der Waals surface area (Å²) < 4.78 is 79.6. The van der Waals surface area contributed by atoms with E-state index < -0.39 is 42.3 Å². The van der Waals surface area contributed by atoms with Crippen LogP contribution in [-0.4, -0.2) is 19.5 Å². The fourth-order valence-corrected chi connectivity index (χ4v) is 6.23. The molecule has 9 rings (SSSR count).